The van der Waals surface area contributed by atoms with Gasteiger partial charge in [0.05, 0.1) is 42.5 Å². The Balaban J connectivity index is 4.34. The van der Waals surface area contributed by atoms with Crippen LogP contribution >= 0.6 is 0 Å². The molecule has 0 saturated carbocycles. The number of hydrogen-bond donors (Lipinski definition) is 6. The topological polar surface area (TPSA) is 166 Å². The van der Waals surface area contributed by atoms with E-state index in [1.54, 1.807) is 13.8 Å². The normalized spacial score (nSPS) is 13.1. The molecule has 0 radical (unpaired) electrons. The number of amides is 2. The SMILES string of the molecule is C=C(NCCC(CCNC(=O)CCCC(=O)NCCOCCOCCC)CCNC(C)(C)/C(C)=N\O)/C(C)=N\O. The minimum atomic E-state index is -0.433. The summed E-state index contributed by atoms with van der Waals surface area (Å²) in [7, 11) is 0. The van der Waals surface area contributed by atoms with Crippen molar-refractivity contribution in [3.05, 3.63) is 12.3 Å². The predicted molar refractivity (Wildman–Crippen MR) is 158 cm³/mol. The summed E-state index contributed by atoms with van der Waals surface area (Å²) in [6, 6.07) is 0. The number of carbonyl (C=O) groups is 2. The van der Waals surface area contributed by atoms with Crippen molar-refractivity contribution >= 4 is 23.2 Å². The summed E-state index contributed by atoms with van der Waals surface area (Å²) >= 11 is 0. The molecule has 2 amide bonds. The van der Waals surface area contributed by atoms with Crippen LogP contribution in [0.15, 0.2) is 22.6 Å². The van der Waals surface area contributed by atoms with E-state index in [1.807, 2.05) is 13.8 Å². The fourth-order valence-electron chi connectivity index (χ4n) is 3.62. The largest absolute Gasteiger partial charge is 0.411 e. The number of nitrogens with one attached hydrogen (secondary N) is 4. The lowest BCUT2D eigenvalue weighted by molar-refractivity contribution is -0.122. The maximum atomic E-state index is 12.3. The van der Waals surface area contributed by atoms with Gasteiger partial charge in [0.25, 0.3) is 0 Å². The third kappa shape index (κ3) is 19.4. The molecule has 0 aliphatic carbocycles. The molecule has 0 bridgehead atoms. The van der Waals surface area contributed by atoms with Gasteiger partial charge in [-0.25, -0.2) is 0 Å². The summed E-state index contributed by atoms with van der Waals surface area (Å²) in [4.78, 5) is 24.3. The Bertz CT molecular complexity index is 787. The van der Waals surface area contributed by atoms with Gasteiger partial charge < -0.3 is 41.2 Å². The molecule has 12 nitrogen and oxygen atoms in total. The number of oxime groups is 2. The zero-order chi connectivity index (χ0) is 30.2. The lowest BCUT2D eigenvalue weighted by Crippen LogP contribution is -2.46. The molecule has 0 aromatic rings. The maximum absolute atomic E-state index is 12.3. The van der Waals surface area contributed by atoms with Crippen LogP contribution in [-0.4, -0.2) is 91.8 Å². The molecule has 40 heavy (non-hydrogen) atoms. The first-order chi connectivity index (χ1) is 19.1. The van der Waals surface area contributed by atoms with Gasteiger partial charge >= 0.3 is 0 Å². The summed E-state index contributed by atoms with van der Waals surface area (Å²) in [6.45, 7) is 17.8. The van der Waals surface area contributed by atoms with Crippen molar-refractivity contribution in [3.63, 3.8) is 0 Å². The van der Waals surface area contributed by atoms with Crippen molar-refractivity contribution in [1.29, 1.82) is 0 Å². The average molecular weight is 571 g/mol. The van der Waals surface area contributed by atoms with E-state index in [0.29, 0.717) is 88.3 Å². The van der Waals surface area contributed by atoms with E-state index < -0.39 is 5.54 Å². The Labute approximate surface area is 240 Å². The number of carbonyl (C=O) groups excluding carboxylic acids is 2. The van der Waals surface area contributed by atoms with Crippen LogP contribution in [0.1, 0.15) is 79.6 Å². The molecule has 0 fully saturated rings. The van der Waals surface area contributed by atoms with Gasteiger partial charge in [-0.05, 0) is 72.3 Å². The van der Waals surface area contributed by atoms with Crippen LogP contribution in [0.2, 0.25) is 0 Å². The van der Waals surface area contributed by atoms with Gasteiger partial charge in [-0.15, -0.1) is 0 Å². The molecule has 0 aromatic carbocycles. The zero-order valence-corrected chi connectivity index (χ0v) is 25.3. The van der Waals surface area contributed by atoms with Crippen molar-refractivity contribution in [2.24, 2.45) is 16.2 Å². The van der Waals surface area contributed by atoms with Gasteiger partial charge in [0, 0.05) is 39.1 Å². The monoisotopic (exact) mass is 570 g/mol. The smallest absolute Gasteiger partial charge is 0.220 e. The second-order valence-corrected chi connectivity index (χ2v) is 10.3. The molecule has 12 heteroatoms. The van der Waals surface area contributed by atoms with E-state index in [4.69, 9.17) is 19.9 Å². The summed E-state index contributed by atoms with van der Waals surface area (Å²) in [5, 5.41) is 36.8. The van der Waals surface area contributed by atoms with Crippen molar-refractivity contribution in [2.75, 3.05) is 52.6 Å². The second-order valence-electron chi connectivity index (χ2n) is 10.3. The highest BCUT2D eigenvalue weighted by atomic mass is 16.5. The standard InChI is InChI=1S/C28H54N6O6/c1-7-18-39-20-21-40-19-17-31-27(36)10-8-9-26(35)30-15-12-25(11-14-29-22(2)23(3)33-37)13-16-32-28(5,6)24(4)34-38/h25,29,32,37-38H,2,7-21H2,1,3-6H3,(H,30,35)(H,31,36)/b33-23-,34-24-. The molecule has 0 aromatic heterocycles. The predicted octanol–water partition coefficient (Wildman–Crippen LogP) is 2.79. The molecule has 1 atom stereocenters. The molecule has 0 rings (SSSR count). The van der Waals surface area contributed by atoms with Gasteiger partial charge in [-0.3, -0.25) is 9.59 Å². The Morgan fingerprint density at radius 1 is 0.825 bits per heavy atom. The number of ether oxygens (including phenoxy) is 2. The zero-order valence-electron chi connectivity index (χ0n) is 25.3. The van der Waals surface area contributed by atoms with E-state index >= 15 is 0 Å². The highest BCUT2D eigenvalue weighted by Crippen LogP contribution is 2.14. The van der Waals surface area contributed by atoms with Crippen molar-refractivity contribution in [2.45, 2.75) is 85.1 Å². The molecule has 0 saturated heterocycles. The van der Waals surface area contributed by atoms with E-state index in [9.17, 15) is 9.59 Å². The number of nitrogens with zero attached hydrogens (tertiary/aromatic N) is 2. The summed E-state index contributed by atoms with van der Waals surface area (Å²) in [5.74, 6) is 0.135. The number of rotatable bonds is 25. The van der Waals surface area contributed by atoms with Crippen LogP contribution in [0.4, 0.5) is 0 Å². The maximum Gasteiger partial charge on any atom is 0.220 e. The van der Waals surface area contributed by atoms with Gasteiger partial charge in [-0.1, -0.05) is 23.8 Å². The lowest BCUT2D eigenvalue weighted by atomic mass is 9.95. The van der Waals surface area contributed by atoms with Crippen LogP contribution in [0.3, 0.4) is 0 Å². The van der Waals surface area contributed by atoms with Gasteiger partial charge in [0.1, 0.15) is 0 Å². The lowest BCUT2D eigenvalue weighted by Gasteiger charge is -2.27. The van der Waals surface area contributed by atoms with E-state index in [2.05, 4.69) is 45.1 Å². The average Bonchev–Trinajstić information content (AvgIpc) is 2.92. The highest BCUT2D eigenvalue weighted by Gasteiger charge is 2.22. The summed E-state index contributed by atoms with van der Waals surface area (Å²) in [5.41, 5.74) is 1.16. The molecule has 1 unspecified atom stereocenters. The molecule has 0 aliphatic rings. The first-order valence-electron chi connectivity index (χ1n) is 14.3. The van der Waals surface area contributed by atoms with Crippen molar-refractivity contribution < 1.29 is 29.5 Å². The van der Waals surface area contributed by atoms with Crippen LogP contribution < -0.4 is 21.3 Å². The first-order valence-corrected chi connectivity index (χ1v) is 14.3. The fraction of sp³-hybridized carbons (Fsp3) is 0.786. The van der Waals surface area contributed by atoms with Crippen LogP contribution in [0.5, 0.6) is 0 Å². The quantitative estimate of drug-likeness (QED) is 0.0422. The molecule has 0 spiro atoms. The molecular weight excluding hydrogens is 516 g/mol. The molecule has 232 valence electrons. The Kier molecular flexibility index (Phi) is 21.5. The van der Waals surface area contributed by atoms with Gasteiger partial charge in [-0.2, -0.15) is 0 Å². The van der Waals surface area contributed by atoms with Gasteiger partial charge in [0.2, 0.25) is 11.8 Å². The van der Waals surface area contributed by atoms with E-state index in [-0.39, 0.29) is 11.8 Å². The Hall–Kier alpha value is -2.70. The van der Waals surface area contributed by atoms with Gasteiger partial charge in [0.15, 0.2) is 0 Å². The highest BCUT2D eigenvalue weighted by molar-refractivity contribution is 5.96. The molecular formula is C28H54N6O6. The minimum Gasteiger partial charge on any atom is -0.411 e. The van der Waals surface area contributed by atoms with E-state index in [1.165, 1.54) is 0 Å². The van der Waals surface area contributed by atoms with Crippen LogP contribution in [0.25, 0.3) is 0 Å². The Morgan fingerprint density at radius 2 is 1.38 bits per heavy atom. The minimum absolute atomic E-state index is 0.0720. The van der Waals surface area contributed by atoms with Crippen molar-refractivity contribution in [1.82, 2.24) is 21.3 Å². The summed E-state index contributed by atoms with van der Waals surface area (Å²) in [6.07, 6.45) is 4.51. The third-order valence-electron chi connectivity index (χ3n) is 6.62. The second kappa shape index (κ2) is 23.0. The molecule has 6 N–H and O–H groups in total. The van der Waals surface area contributed by atoms with E-state index in [0.717, 1.165) is 32.3 Å². The fourth-order valence-corrected chi connectivity index (χ4v) is 3.62. The molecule has 0 aliphatic heterocycles. The first kappa shape index (κ1) is 37.3. The van der Waals surface area contributed by atoms with Crippen molar-refractivity contribution in [3.8, 4) is 0 Å². The van der Waals surface area contributed by atoms with Crippen LogP contribution in [-0.2, 0) is 19.1 Å². The number of hydrogen-bond acceptors (Lipinski definition) is 10. The molecule has 0 heterocycles. The Morgan fingerprint density at radius 3 is 1.95 bits per heavy atom. The van der Waals surface area contributed by atoms with Crippen LogP contribution in [0, 0.1) is 5.92 Å². The third-order valence-corrected chi connectivity index (χ3v) is 6.62. The summed E-state index contributed by atoms with van der Waals surface area (Å²) < 4.78 is 10.7. The number of allylic oxidation sites excluding steroid dienone is 1.